The van der Waals surface area contributed by atoms with Gasteiger partial charge in [-0.3, -0.25) is 0 Å². The van der Waals surface area contributed by atoms with Gasteiger partial charge in [-0.25, -0.2) is 0 Å². The van der Waals surface area contributed by atoms with Crippen molar-refractivity contribution in [1.29, 1.82) is 0 Å². The van der Waals surface area contributed by atoms with Crippen molar-refractivity contribution in [2.45, 2.75) is 23.7 Å². The molecular weight excluding hydrogens is 168 g/mol. The van der Waals surface area contributed by atoms with E-state index in [1.165, 1.54) is 0 Å². The molecule has 0 aromatic rings. The summed E-state index contributed by atoms with van der Waals surface area (Å²) >= 11 is 0. The van der Waals surface area contributed by atoms with Gasteiger partial charge in [0, 0.05) is 0 Å². The lowest BCUT2D eigenvalue weighted by Crippen LogP contribution is -1.99. The van der Waals surface area contributed by atoms with Crippen molar-refractivity contribution in [2.75, 3.05) is 13.2 Å². The maximum Gasteiger partial charge on any atom is 0.144 e. The van der Waals surface area contributed by atoms with Crippen molar-refractivity contribution in [1.82, 2.24) is 0 Å². The first-order valence-corrected chi connectivity index (χ1v) is 5.42. The highest BCUT2D eigenvalue weighted by atomic mass is 33.1. The van der Waals surface area contributed by atoms with E-state index in [9.17, 15) is 0 Å². The van der Waals surface area contributed by atoms with Gasteiger partial charge in [-0.2, -0.15) is 0 Å². The molecule has 2 aliphatic rings. The van der Waals surface area contributed by atoms with Crippen LogP contribution in [0.2, 0.25) is 0 Å². The van der Waals surface area contributed by atoms with E-state index in [4.69, 9.17) is 9.47 Å². The highest BCUT2D eigenvalue weighted by molar-refractivity contribution is 8.77. The Morgan fingerprint density at radius 1 is 1.00 bits per heavy atom. The molecule has 2 nitrogen and oxygen atoms in total. The summed E-state index contributed by atoms with van der Waals surface area (Å²) in [6.45, 7) is 5.99. The second-order valence-corrected chi connectivity index (χ2v) is 6.07. The Kier molecular flexibility index (Phi) is 1.50. The molecule has 10 heavy (non-hydrogen) atoms. The zero-order valence-corrected chi connectivity index (χ0v) is 7.68. The molecule has 4 heteroatoms. The summed E-state index contributed by atoms with van der Waals surface area (Å²) in [6, 6.07) is 0. The van der Waals surface area contributed by atoms with Crippen molar-refractivity contribution < 1.29 is 9.47 Å². The van der Waals surface area contributed by atoms with E-state index in [1.807, 2.05) is 0 Å². The van der Waals surface area contributed by atoms with Crippen LogP contribution in [0.3, 0.4) is 0 Å². The van der Waals surface area contributed by atoms with Crippen LogP contribution < -0.4 is 0 Å². The van der Waals surface area contributed by atoms with E-state index in [0.29, 0.717) is 0 Å². The molecule has 0 radical (unpaired) electrons. The van der Waals surface area contributed by atoms with Gasteiger partial charge in [-0.15, -0.1) is 0 Å². The Hall–Kier alpha value is 0.620. The molecule has 2 fully saturated rings. The van der Waals surface area contributed by atoms with Gasteiger partial charge in [-0.05, 0) is 13.8 Å². The molecule has 0 aliphatic carbocycles. The van der Waals surface area contributed by atoms with E-state index >= 15 is 0 Å². The van der Waals surface area contributed by atoms with Crippen LogP contribution in [0.25, 0.3) is 0 Å². The van der Waals surface area contributed by atoms with E-state index < -0.39 is 0 Å². The van der Waals surface area contributed by atoms with Gasteiger partial charge in [0.15, 0.2) is 0 Å². The number of rotatable bonds is 3. The van der Waals surface area contributed by atoms with Gasteiger partial charge < -0.3 is 9.47 Å². The summed E-state index contributed by atoms with van der Waals surface area (Å²) in [4.78, 5) is 0.194. The molecule has 0 spiro atoms. The summed E-state index contributed by atoms with van der Waals surface area (Å²) in [7, 11) is 3.57. The SMILES string of the molecule is CC1(SSC2(C)CO2)CO1. The lowest BCUT2D eigenvalue weighted by Gasteiger charge is -2.05. The molecule has 2 heterocycles. The van der Waals surface area contributed by atoms with Crippen molar-refractivity contribution in [2.24, 2.45) is 0 Å². The van der Waals surface area contributed by atoms with Crippen molar-refractivity contribution in [3.05, 3.63) is 0 Å². The van der Waals surface area contributed by atoms with Crippen LogP contribution in [0.1, 0.15) is 13.8 Å². The third-order valence-electron chi connectivity index (χ3n) is 1.50. The molecule has 0 bridgehead atoms. The second-order valence-electron chi connectivity index (χ2n) is 3.01. The third-order valence-corrected chi connectivity index (χ3v) is 5.12. The van der Waals surface area contributed by atoms with E-state index in [0.717, 1.165) is 13.2 Å². The number of epoxide rings is 2. The van der Waals surface area contributed by atoms with Gasteiger partial charge in [0.2, 0.25) is 0 Å². The van der Waals surface area contributed by atoms with E-state index in [1.54, 1.807) is 21.6 Å². The fourth-order valence-electron chi connectivity index (χ4n) is 0.476. The minimum Gasteiger partial charge on any atom is -0.357 e. The standard InChI is InChI=1S/C6H10O2S2/c1-5(3-7-5)9-10-6(2)4-8-6/h3-4H2,1-2H3. The Labute approximate surface area is 68.4 Å². The molecule has 0 aromatic carbocycles. The lowest BCUT2D eigenvalue weighted by molar-refractivity contribution is 0.400. The molecule has 2 aliphatic heterocycles. The minimum atomic E-state index is 0.0969. The summed E-state index contributed by atoms with van der Waals surface area (Å²) in [5, 5.41) is 0. The van der Waals surface area contributed by atoms with E-state index in [2.05, 4.69) is 13.8 Å². The van der Waals surface area contributed by atoms with Crippen LogP contribution in [0.5, 0.6) is 0 Å². The fourth-order valence-corrected chi connectivity index (χ4v) is 2.77. The third kappa shape index (κ3) is 1.61. The predicted molar refractivity (Wildman–Crippen MR) is 43.9 cm³/mol. The van der Waals surface area contributed by atoms with Crippen LogP contribution in [-0.4, -0.2) is 23.1 Å². The first-order chi connectivity index (χ1) is 4.62. The monoisotopic (exact) mass is 178 g/mol. The summed E-state index contributed by atoms with van der Waals surface area (Å²) in [5.41, 5.74) is 0. The Morgan fingerprint density at radius 2 is 1.30 bits per heavy atom. The summed E-state index contributed by atoms with van der Waals surface area (Å²) in [5.74, 6) is 0. The van der Waals surface area contributed by atoms with Gasteiger partial charge in [0.25, 0.3) is 0 Å². The number of hydrogen-bond acceptors (Lipinski definition) is 4. The number of hydrogen-bond donors (Lipinski definition) is 0. The first kappa shape index (κ1) is 7.28. The van der Waals surface area contributed by atoms with E-state index in [-0.39, 0.29) is 9.87 Å². The maximum atomic E-state index is 5.21. The highest BCUT2D eigenvalue weighted by Crippen LogP contribution is 2.54. The first-order valence-electron chi connectivity index (χ1n) is 3.27. The number of ether oxygens (including phenoxy) is 2. The Bertz CT molecular complexity index is 134. The lowest BCUT2D eigenvalue weighted by atomic mass is 10.6. The summed E-state index contributed by atoms with van der Waals surface area (Å²) in [6.07, 6.45) is 0. The van der Waals surface area contributed by atoms with Crippen LogP contribution in [0.15, 0.2) is 0 Å². The molecule has 2 atom stereocenters. The topological polar surface area (TPSA) is 25.1 Å². The molecule has 2 unspecified atom stereocenters. The normalized spacial score (nSPS) is 51.0. The molecule has 0 N–H and O–H groups in total. The van der Waals surface area contributed by atoms with Gasteiger partial charge in [0.05, 0.1) is 13.2 Å². The second kappa shape index (κ2) is 2.06. The Morgan fingerprint density at radius 3 is 1.50 bits per heavy atom. The fraction of sp³-hybridized carbons (Fsp3) is 1.00. The van der Waals surface area contributed by atoms with Crippen LogP contribution in [0.4, 0.5) is 0 Å². The average Bonchev–Trinajstić information content (AvgIpc) is 2.72. The van der Waals surface area contributed by atoms with Gasteiger partial charge >= 0.3 is 0 Å². The molecule has 2 saturated heterocycles. The minimum absolute atomic E-state index is 0.0969. The highest BCUT2D eigenvalue weighted by Gasteiger charge is 2.47. The van der Waals surface area contributed by atoms with Crippen molar-refractivity contribution >= 4 is 21.6 Å². The molecule has 0 aromatic heterocycles. The molecule has 2 rings (SSSR count). The molecule has 0 amide bonds. The van der Waals surface area contributed by atoms with Crippen molar-refractivity contribution in [3.8, 4) is 0 Å². The zero-order chi connectivity index (χ0) is 7.24. The van der Waals surface area contributed by atoms with Crippen LogP contribution in [0, 0.1) is 0 Å². The smallest absolute Gasteiger partial charge is 0.144 e. The van der Waals surface area contributed by atoms with Crippen molar-refractivity contribution in [3.63, 3.8) is 0 Å². The summed E-state index contributed by atoms with van der Waals surface area (Å²) < 4.78 is 10.4. The molecule has 58 valence electrons. The quantitative estimate of drug-likeness (QED) is 0.486. The molecular formula is C6H10O2S2. The Balaban J connectivity index is 1.72. The zero-order valence-electron chi connectivity index (χ0n) is 6.05. The van der Waals surface area contributed by atoms with Crippen LogP contribution in [-0.2, 0) is 9.47 Å². The average molecular weight is 178 g/mol. The van der Waals surface area contributed by atoms with Gasteiger partial charge in [-0.1, -0.05) is 21.6 Å². The largest absolute Gasteiger partial charge is 0.357 e. The van der Waals surface area contributed by atoms with Gasteiger partial charge in [0.1, 0.15) is 9.87 Å². The predicted octanol–water partition coefficient (Wildman–Crippen LogP) is 1.86. The maximum absolute atomic E-state index is 5.21. The van der Waals surface area contributed by atoms with Crippen LogP contribution >= 0.6 is 21.6 Å². The molecule has 0 saturated carbocycles.